The summed E-state index contributed by atoms with van der Waals surface area (Å²) in [5.74, 6) is -1.83. The van der Waals surface area contributed by atoms with Crippen molar-refractivity contribution in [3.05, 3.63) is 64.7 Å². The number of nitrogens with one attached hydrogen (secondary N) is 2. The first-order valence-corrected chi connectivity index (χ1v) is 10.9. The number of rotatable bonds is 9. The first-order chi connectivity index (χ1) is 15.8. The van der Waals surface area contributed by atoms with E-state index in [0.717, 1.165) is 12.8 Å². The summed E-state index contributed by atoms with van der Waals surface area (Å²) < 4.78 is 5.20. The van der Waals surface area contributed by atoms with Gasteiger partial charge in [-0.3, -0.25) is 24.0 Å². The highest BCUT2D eigenvalue weighted by atomic mass is 16.5. The number of amides is 2. The molecule has 172 valence electrons. The van der Waals surface area contributed by atoms with Gasteiger partial charge in [0.15, 0.2) is 17.7 Å². The highest BCUT2D eigenvalue weighted by molar-refractivity contribution is 6.30. The van der Waals surface area contributed by atoms with E-state index in [1.165, 1.54) is 13.8 Å². The summed E-state index contributed by atoms with van der Waals surface area (Å²) in [5, 5.41) is 5.31. The Balaban J connectivity index is 1.59. The van der Waals surface area contributed by atoms with Gasteiger partial charge in [0.2, 0.25) is 5.91 Å². The lowest BCUT2D eigenvalue weighted by molar-refractivity contribution is -0.153. The fourth-order valence-corrected chi connectivity index (χ4v) is 3.63. The predicted octanol–water partition coefficient (Wildman–Crippen LogP) is 3.03. The molecule has 1 atom stereocenters. The quantitative estimate of drug-likeness (QED) is 0.382. The summed E-state index contributed by atoms with van der Waals surface area (Å²) >= 11 is 0. The van der Waals surface area contributed by atoms with E-state index in [1.807, 2.05) is 0 Å². The molecule has 8 heteroatoms. The number of esters is 1. The number of ether oxygens (including phenoxy) is 1. The molecule has 1 unspecified atom stereocenters. The Kier molecular flexibility index (Phi) is 7.71. The Morgan fingerprint density at radius 2 is 1.55 bits per heavy atom. The van der Waals surface area contributed by atoms with Crippen molar-refractivity contribution in [2.45, 2.75) is 45.6 Å². The molecule has 2 amide bonds. The normalized spacial score (nSPS) is 12.9. The third kappa shape index (κ3) is 5.71. The number of anilines is 1. The van der Waals surface area contributed by atoms with Crippen LogP contribution in [0.1, 0.15) is 71.4 Å². The van der Waals surface area contributed by atoms with Gasteiger partial charge in [-0.05, 0) is 25.8 Å². The van der Waals surface area contributed by atoms with E-state index in [2.05, 4.69) is 10.6 Å². The molecule has 0 radical (unpaired) electrons. The van der Waals surface area contributed by atoms with Gasteiger partial charge in [0.25, 0.3) is 5.91 Å². The first kappa shape index (κ1) is 23.8. The Bertz CT molecular complexity index is 1110. The zero-order valence-electron chi connectivity index (χ0n) is 18.6. The molecular formula is C25H26N2O6. The molecule has 0 spiro atoms. The minimum absolute atomic E-state index is 0.0933. The van der Waals surface area contributed by atoms with E-state index in [4.69, 9.17) is 4.74 Å². The summed E-state index contributed by atoms with van der Waals surface area (Å²) in [4.78, 5) is 61.3. The van der Waals surface area contributed by atoms with E-state index in [9.17, 15) is 24.0 Å². The van der Waals surface area contributed by atoms with E-state index in [0.29, 0.717) is 18.5 Å². The molecule has 33 heavy (non-hydrogen) atoms. The highest BCUT2D eigenvalue weighted by Gasteiger charge is 2.32. The van der Waals surface area contributed by atoms with Crippen LogP contribution in [0, 0.1) is 0 Å². The molecule has 2 N–H and O–H groups in total. The van der Waals surface area contributed by atoms with Crippen molar-refractivity contribution in [3.8, 4) is 0 Å². The lowest BCUT2D eigenvalue weighted by Gasteiger charge is -2.21. The van der Waals surface area contributed by atoms with Gasteiger partial charge in [-0.2, -0.15) is 0 Å². The van der Waals surface area contributed by atoms with Crippen molar-refractivity contribution < 1.29 is 28.7 Å². The molecule has 0 aliphatic heterocycles. The Labute approximate surface area is 191 Å². The number of hydrogen-bond donors (Lipinski definition) is 2. The van der Waals surface area contributed by atoms with Crippen LogP contribution >= 0.6 is 0 Å². The molecule has 0 saturated heterocycles. The van der Waals surface area contributed by atoms with Crippen LogP contribution in [0.25, 0.3) is 0 Å². The molecule has 3 rings (SSSR count). The minimum atomic E-state index is -1.07. The lowest BCUT2D eigenvalue weighted by atomic mass is 9.83. The molecular weight excluding hydrogens is 424 g/mol. The Morgan fingerprint density at radius 1 is 0.879 bits per heavy atom. The standard InChI is InChI=1S/C25H26N2O6/c1-15(33-21(29)13-4-3-7-14-26-16(2)28)25(32)27-20-12-8-11-19-22(20)24(31)18-10-6-5-9-17(18)23(19)30/h5-6,8-12,15H,3-4,7,13-14H2,1-2H3,(H,26,28)(H,27,32). The molecule has 0 heterocycles. The number of hydrogen-bond acceptors (Lipinski definition) is 6. The van der Waals surface area contributed by atoms with Gasteiger partial charge in [-0.1, -0.05) is 42.8 Å². The maximum absolute atomic E-state index is 13.0. The van der Waals surface area contributed by atoms with E-state index in [1.54, 1.807) is 42.5 Å². The number of benzene rings is 2. The van der Waals surface area contributed by atoms with Crippen LogP contribution in [-0.2, 0) is 19.1 Å². The van der Waals surface area contributed by atoms with Crippen molar-refractivity contribution in [3.63, 3.8) is 0 Å². The molecule has 0 bridgehead atoms. The van der Waals surface area contributed by atoms with E-state index >= 15 is 0 Å². The predicted molar refractivity (Wildman–Crippen MR) is 121 cm³/mol. The third-order valence-corrected chi connectivity index (χ3v) is 5.32. The summed E-state index contributed by atoms with van der Waals surface area (Å²) in [5.41, 5.74) is 1.17. The molecule has 0 aromatic heterocycles. The lowest BCUT2D eigenvalue weighted by Crippen LogP contribution is -2.31. The third-order valence-electron chi connectivity index (χ3n) is 5.32. The molecule has 2 aromatic rings. The zero-order chi connectivity index (χ0) is 24.0. The van der Waals surface area contributed by atoms with Gasteiger partial charge in [0.05, 0.1) is 11.3 Å². The topological polar surface area (TPSA) is 119 Å². The molecule has 1 aliphatic carbocycles. The minimum Gasteiger partial charge on any atom is -0.453 e. The number of carbonyl (C=O) groups excluding carboxylic acids is 5. The van der Waals surface area contributed by atoms with Crippen LogP contribution in [0.5, 0.6) is 0 Å². The van der Waals surface area contributed by atoms with Crippen LogP contribution < -0.4 is 10.6 Å². The maximum atomic E-state index is 13.0. The van der Waals surface area contributed by atoms with E-state index < -0.39 is 18.0 Å². The maximum Gasteiger partial charge on any atom is 0.306 e. The second-order valence-corrected chi connectivity index (χ2v) is 7.85. The van der Waals surface area contributed by atoms with Crippen molar-refractivity contribution in [2.24, 2.45) is 0 Å². The second-order valence-electron chi connectivity index (χ2n) is 7.85. The average Bonchev–Trinajstić information content (AvgIpc) is 2.79. The fourth-order valence-electron chi connectivity index (χ4n) is 3.63. The van der Waals surface area contributed by atoms with Gasteiger partial charge in [0, 0.05) is 36.6 Å². The summed E-state index contributed by atoms with van der Waals surface area (Å²) in [6.07, 6.45) is 1.15. The number of carbonyl (C=O) groups is 5. The molecule has 8 nitrogen and oxygen atoms in total. The number of unbranched alkanes of at least 4 members (excludes halogenated alkanes) is 2. The van der Waals surface area contributed by atoms with Gasteiger partial charge in [-0.25, -0.2) is 0 Å². The second kappa shape index (κ2) is 10.7. The van der Waals surface area contributed by atoms with Crippen LogP contribution in [0.15, 0.2) is 42.5 Å². The van der Waals surface area contributed by atoms with Crippen molar-refractivity contribution in [1.29, 1.82) is 0 Å². The SMILES string of the molecule is CC(=O)NCCCCCC(=O)OC(C)C(=O)Nc1cccc2c1C(=O)c1ccccc1C2=O. The fraction of sp³-hybridized carbons (Fsp3) is 0.320. The summed E-state index contributed by atoms with van der Waals surface area (Å²) in [7, 11) is 0. The molecule has 0 saturated carbocycles. The van der Waals surface area contributed by atoms with Crippen molar-refractivity contribution >= 4 is 35.0 Å². The van der Waals surface area contributed by atoms with Crippen LogP contribution in [0.2, 0.25) is 0 Å². The molecule has 2 aromatic carbocycles. The summed E-state index contributed by atoms with van der Waals surface area (Å²) in [6.45, 7) is 3.44. The molecule has 0 fully saturated rings. The largest absolute Gasteiger partial charge is 0.453 e. The van der Waals surface area contributed by atoms with Crippen LogP contribution in [0.3, 0.4) is 0 Å². The van der Waals surface area contributed by atoms with E-state index in [-0.39, 0.29) is 46.3 Å². The van der Waals surface area contributed by atoms with Crippen LogP contribution in [-0.4, -0.2) is 42.0 Å². The smallest absolute Gasteiger partial charge is 0.306 e. The number of ketones is 2. The van der Waals surface area contributed by atoms with Crippen LogP contribution in [0.4, 0.5) is 5.69 Å². The van der Waals surface area contributed by atoms with Crippen molar-refractivity contribution in [2.75, 3.05) is 11.9 Å². The highest BCUT2D eigenvalue weighted by Crippen LogP contribution is 2.32. The Hall–Kier alpha value is -3.81. The van der Waals surface area contributed by atoms with Gasteiger partial charge < -0.3 is 15.4 Å². The van der Waals surface area contributed by atoms with Crippen molar-refractivity contribution in [1.82, 2.24) is 5.32 Å². The zero-order valence-corrected chi connectivity index (χ0v) is 18.6. The average molecular weight is 450 g/mol. The monoisotopic (exact) mass is 450 g/mol. The van der Waals surface area contributed by atoms with Gasteiger partial charge >= 0.3 is 5.97 Å². The summed E-state index contributed by atoms with van der Waals surface area (Å²) in [6, 6.07) is 11.2. The molecule has 1 aliphatic rings. The number of fused-ring (bicyclic) bond motifs is 2. The Morgan fingerprint density at radius 3 is 2.24 bits per heavy atom. The van der Waals surface area contributed by atoms with Gasteiger partial charge in [-0.15, -0.1) is 0 Å². The van der Waals surface area contributed by atoms with Gasteiger partial charge in [0.1, 0.15) is 0 Å². The first-order valence-electron chi connectivity index (χ1n) is 10.9.